The van der Waals surface area contributed by atoms with Crippen molar-refractivity contribution in [1.82, 2.24) is 4.90 Å². The first-order valence-electron chi connectivity index (χ1n) is 13.1. The van der Waals surface area contributed by atoms with E-state index in [4.69, 9.17) is 28.9 Å². The molecule has 3 aliphatic heterocycles. The summed E-state index contributed by atoms with van der Waals surface area (Å²) in [4.78, 5) is 28.2. The molecular formula is C28H33Cl2FIN3O3. The third-order valence-electron chi connectivity index (χ3n) is 7.98. The molecule has 0 saturated carbocycles. The summed E-state index contributed by atoms with van der Waals surface area (Å²) in [5, 5.41) is 11.4. The van der Waals surface area contributed by atoms with E-state index in [1.54, 1.807) is 18.2 Å². The molecule has 2 amide bonds. The van der Waals surface area contributed by atoms with Crippen LogP contribution in [-0.4, -0.2) is 56.9 Å². The van der Waals surface area contributed by atoms with Crippen molar-refractivity contribution in [2.45, 2.75) is 38.0 Å². The topological polar surface area (TPSA) is 86.9 Å². The summed E-state index contributed by atoms with van der Waals surface area (Å²) in [7, 11) is 0. The number of piperidine rings is 2. The van der Waals surface area contributed by atoms with Gasteiger partial charge in [-0.2, -0.15) is 0 Å². The number of benzene rings is 2. The Labute approximate surface area is 240 Å². The van der Waals surface area contributed by atoms with Gasteiger partial charge < -0.3 is 10.6 Å². The Morgan fingerprint density at radius 3 is 2.21 bits per heavy atom. The fraction of sp³-hybridized carbons (Fsp3) is 0.500. The van der Waals surface area contributed by atoms with E-state index in [1.165, 1.54) is 19.8 Å². The molecule has 3 aliphatic rings. The zero-order valence-electron chi connectivity index (χ0n) is 21.1. The number of primary amides is 1. The van der Waals surface area contributed by atoms with Crippen molar-refractivity contribution in [2.24, 2.45) is 17.6 Å². The van der Waals surface area contributed by atoms with Gasteiger partial charge in [0.2, 0.25) is 5.91 Å². The number of carbonyl (C=O) groups is 2. The van der Waals surface area contributed by atoms with Gasteiger partial charge >= 0.3 is 161 Å². The Morgan fingerprint density at radius 2 is 1.63 bits per heavy atom. The van der Waals surface area contributed by atoms with Crippen molar-refractivity contribution in [1.29, 1.82) is 0 Å². The van der Waals surface area contributed by atoms with Crippen LogP contribution < -0.4 is 10.6 Å². The van der Waals surface area contributed by atoms with E-state index in [0.29, 0.717) is 40.5 Å². The minimum absolute atomic E-state index is 0.0337. The molecule has 2 aromatic rings. The van der Waals surface area contributed by atoms with Crippen molar-refractivity contribution < 1.29 is 19.1 Å². The van der Waals surface area contributed by atoms with Gasteiger partial charge in [0.15, 0.2) is 0 Å². The zero-order valence-corrected chi connectivity index (χ0v) is 24.8. The number of halogens is 4. The van der Waals surface area contributed by atoms with E-state index in [0.717, 1.165) is 54.5 Å². The maximum atomic E-state index is 15.5. The summed E-state index contributed by atoms with van der Waals surface area (Å²) in [6, 6.07) is 10.3. The average molecular weight is 676 g/mol. The second-order valence-electron chi connectivity index (χ2n) is 10.5. The fourth-order valence-electron chi connectivity index (χ4n) is 5.66. The quantitative estimate of drug-likeness (QED) is 0.302. The molecular weight excluding hydrogens is 643 g/mol. The number of alkyl halides is 3. The van der Waals surface area contributed by atoms with Crippen molar-refractivity contribution in [2.75, 3.05) is 39.9 Å². The number of aliphatic hydroxyl groups is 1. The summed E-state index contributed by atoms with van der Waals surface area (Å²) < 4.78 is 18.9. The zero-order chi connectivity index (χ0) is 27.0. The minimum Gasteiger partial charge on any atom is -0.0834 e. The molecule has 0 spiro atoms. The summed E-state index contributed by atoms with van der Waals surface area (Å²) in [5.41, 5.74) is 6.65. The van der Waals surface area contributed by atoms with Crippen LogP contribution >= 0.6 is 43.0 Å². The third-order valence-corrected chi connectivity index (χ3v) is 13.1. The molecule has 3 heterocycles. The van der Waals surface area contributed by atoms with E-state index in [9.17, 15) is 14.7 Å². The second kappa shape index (κ2) is 11.5. The molecule has 5 rings (SSSR count). The van der Waals surface area contributed by atoms with Gasteiger partial charge in [-0.05, 0) is 18.2 Å². The minimum atomic E-state index is -3.05. The molecule has 206 valence electrons. The van der Waals surface area contributed by atoms with Crippen LogP contribution in [0.15, 0.2) is 36.4 Å². The predicted octanol–water partition coefficient (Wildman–Crippen LogP) is 5.44. The number of anilines is 1. The molecule has 0 radical (unpaired) electrons. The fourth-order valence-corrected chi connectivity index (χ4v) is 10.7. The molecule has 3 fully saturated rings. The first-order chi connectivity index (χ1) is 18.1. The Morgan fingerprint density at radius 1 is 1.00 bits per heavy atom. The smallest absolute Gasteiger partial charge is 0.0834 e. The van der Waals surface area contributed by atoms with Crippen molar-refractivity contribution in [3.63, 3.8) is 0 Å². The van der Waals surface area contributed by atoms with E-state index < -0.39 is 37.5 Å². The molecule has 0 aliphatic carbocycles. The number of likely N-dealkylation sites (tertiary alicyclic amines) is 1. The number of hydrogen-bond donors (Lipinski definition) is 2. The molecule has 10 heteroatoms. The first-order valence-corrected chi connectivity index (χ1v) is 18.0. The molecule has 6 nitrogen and oxygen atoms in total. The van der Waals surface area contributed by atoms with Gasteiger partial charge in [0, 0.05) is 18.8 Å². The normalized spacial score (nSPS) is 21.3. The molecule has 0 bridgehead atoms. The molecule has 0 aromatic heterocycles. The van der Waals surface area contributed by atoms with Gasteiger partial charge in [0.05, 0.1) is 10.6 Å². The summed E-state index contributed by atoms with van der Waals surface area (Å²) >= 11 is 11.2. The number of rotatable bonds is 7. The number of nitrogens with zero attached hydrogens (tertiary/aromatic N) is 2. The monoisotopic (exact) mass is 675 g/mol. The van der Waals surface area contributed by atoms with E-state index in [-0.39, 0.29) is 5.56 Å². The van der Waals surface area contributed by atoms with Gasteiger partial charge in [-0.25, -0.2) is 0 Å². The van der Waals surface area contributed by atoms with Crippen LogP contribution in [0.2, 0.25) is 10.0 Å². The van der Waals surface area contributed by atoms with Gasteiger partial charge in [-0.15, -0.1) is 0 Å². The summed E-state index contributed by atoms with van der Waals surface area (Å²) in [6.45, 7) is 2.72. The third kappa shape index (κ3) is 6.24. The maximum absolute atomic E-state index is 15.5. The molecule has 2 aromatic carbocycles. The Bertz CT molecular complexity index is 1210. The van der Waals surface area contributed by atoms with E-state index >= 15 is 4.39 Å². The van der Waals surface area contributed by atoms with Crippen LogP contribution in [0, 0.1) is 15.4 Å². The number of carbonyl (C=O) groups excluding carboxylic acids is 2. The first kappa shape index (κ1) is 27.9. The van der Waals surface area contributed by atoms with Gasteiger partial charge in [0.1, 0.15) is 0 Å². The summed E-state index contributed by atoms with van der Waals surface area (Å²) in [6.07, 6.45) is 4.81. The number of amides is 2. The predicted molar refractivity (Wildman–Crippen MR) is 158 cm³/mol. The Balaban J connectivity index is 1.11. The van der Waals surface area contributed by atoms with Crippen LogP contribution in [0.4, 0.5) is 10.1 Å². The van der Waals surface area contributed by atoms with Crippen molar-refractivity contribution >= 4 is 60.5 Å². The second-order valence-corrected chi connectivity index (χ2v) is 17.4. The van der Waals surface area contributed by atoms with E-state index in [2.05, 4.69) is 4.90 Å². The van der Waals surface area contributed by atoms with Gasteiger partial charge in [-0.3, -0.25) is 4.79 Å². The van der Waals surface area contributed by atoms with Gasteiger partial charge in [-0.1, -0.05) is 11.6 Å². The molecule has 3 saturated heterocycles. The van der Waals surface area contributed by atoms with Crippen LogP contribution in [0.5, 0.6) is 0 Å². The van der Waals surface area contributed by atoms with Gasteiger partial charge in [0.25, 0.3) is 0 Å². The average Bonchev–Trinajstić information content (AvgIpc) is 3.74. The standard InChI is InChI=1S/C28H33Cl2FIN3O3/c29-21-14-20(15-22(16-21)32-7-8-32)28(31,38)27(37)35-11-5-19(6-12-35)13-18-3-9-34(10-4-18)23-1-2-24(26(33)36)25(30)17-23/h1-2,14-19,38H,3-13H2,(H2,33,36)/t28-/m1/s1. The molecule has 38 heavy (non-hydrogen) atoms. The van der Waals surface area contributed by atoms with Crippen LogP contribution in [0.1, 0.15) is 48.0 Å². The van der Waals surface area contributed by atoms with Crippen LogP contribution in [-0.2, 0) is 10.6 Å². The Kier molecular flexibility index (Phi) is 8.43. The van der Waals surface area contributed by atoms with Crippen LogP contribution in [0.25, 0.3) is 0 Å². The Hall–Kier alpha value is -1.62. The SMILES string of the molecule is NC(=O)c1ccc(N2CCC(CC3CCN(C(=O)[C@@](O)(F)c4cc(Cl)cc(I5CC5)c4)CC3)CC2)cc1Cl. The van der Waals surface area contributed by atoms with Crippen molar-refractivity contribution in [3.8, 4) is 0 Å². The summed E-state index contributed by atoms with van der Waals surface area (Å²) in [5.74, 6) is -3.39. The van der Waals surface area contributed by atoms with E-state index in [1.807, 2.05) is 12.1 Å². The van der Waals surface area contributed by atoms with Crippen LogP contribution in [0.3, 0.4) is 0 Å². The molecule has 1 atom stereocenters. The molecule has 0 unspecified atom stereocenters. The molecule has 3 N–H and O–H groups in total. The number of nitrogens with two attached hydrogens (primary N) is 1. The van der Waals surface area contributed by atoms with Crippen molar-refractivity contribution in [3.05, 3.63) is 61.1 Å². The number of hydrogen-bond acceptors (Lipinski definition) is 4.